The van der Waals surface area contributed by atoms with Gasteiger partial charge in [0.05, 0.1) is 11.4 Å². The average Bonchev–Trinajstić information content (AvgIpc) is 2.88. The molecule has 0 atom stereocenters. The van der Waals surface area contributed by atoms with Crippen LogP contribution in [0.15, 0.2) is 24.3 Å². The highest BCUT2D eigenvalue weighted by molar-refractivity contribution is 7.71. The standard InChI is InChI=1S/C14H16N4S/c1-4-10-7-5-6-8-11(10)18-13-12(15-14(18)19)9(2)16-17(13)3/h5-8H,4H2,1-3H3,(H,15,19). The highest BCUT2D eigenvalue weighted by Crippen LogP contribution is 2.23. The Bertz CT molecular complexity index is 807. The third-order valence-electron chi connectivity index (χ3n) is 3.45. The molecule has 0 spiro atoms. The predicted octanol–water partition coefficient (Wildman–Crippen LogP) is 3.29. The smallest absolute Gasteiger partial charge is 0.184 e. The lowest BCUT2D eigenvalue weighted by Crippen LogP contribution is -2.03. The molecule has 2 heterocycles. The van der Waals surface area contributed by atoms with E-state index in [0.29, 0.717) is 4.77 Å². The molecule has 0 amide bonds. The number of hydrogen-bond donors (Lipinski definition) is 1. The van der Waals surface area contributed by atoms with Gasteiger partial charge in [0.15, 0.2) is 10.4 Å². The maximum absolute atomic E-state index is 5.48. The second-order valence-corrected chi connectivity index (χ2v) is 5.04. The van der Waals surface area contributed by atoms with Crippen molar-refractivity contribution in [3.63, 3.8) is 0 Å². The summed E-state index contributed by atoms with van der Waals surface area (Å²) < 4.78 is 4.67. The molecular weight excluding hydrogens is 256 g/mol. The van der Waals surface area contributed by atoms with Crippen LogP contribution in [-0.2, 0) is 13.5 Å². The van der Waals surface area contributed by atoms with Gasteiger partial charge in [-0.15, -0.1) is 0 Å². The van der Waals surface area contributed by atoms with Gasteiger partial charge in [0.1, 0.15) is 5.52 Å². The van der Waals surface area contributed by atoms with Crippen LogP contribution < -0.4 is 0 Å². The Morgan fingerprint density at radius 1 is 1.32 bits per heavy atom. The SMILES string of the molecule is CCc1ccccc1-n1c(=S)[nH]c2c(C)nn(C)c21. The van der Waals surface area contributed by atoms with E-state index in [2.05, 4.69) is 39.8 Å². The number of para-hydroxylation sites is 1. The van der Waals surface area contributed by atoms with E-state index in [4.69, 9.17) is 12.2 Å². The second kappa shape index (κ2) is 4.35. The minimum Gasteiger partial charge on any atom is -0.327 e. The molecule has 3 rings (SSSR count). The van der Waals surface area contributed by atoms with Crippen LogP contribution >= 0.6 is 12.2 Å². The Morgan fingerprint density at radius 2 is 2.05 bits per heavy atom. The number of fused-ring (bicyclic) bond motifs is 1. The van der Waals surface area contributed by atoms with Gasteiger partial charge in [-0.3, -0.25) is 4.57 Å². The van der Waals surface area contributed by atoms with Crippen LogP contribution in [0.4, 0.5) is 0 Å². The van der Waals surface area contributed by atoms with Crippen LogP contribution in [0.5, 0.6) is 0 Å². The monoisotopic (exact) mass is 272 g/mol. The van der Waals surface area contributed by atoms with Crippen molar-refractivity contribution in [3.8, 4) is 5.69 Å². The molecule has 3 aromatic rings. The third-order valence-corrected chi connectivity index (χ3v) is 3.74. The van der Waals surface area contributed by atoms with Gasteiger partial charge in [-0.1, -0.05) is 25.1 Å². The first-order valence-corrected chi connectivity index (χ1v) is 6.77. The van der Waals surface area contributed by atoms with Crippen LogP contribution in [0.25, 0.3) is 16.9 Å². The summed E-state index contributed by atoms with van der Waals surface area (Å²) in [6, 6.07) is 8.34. The fourth-order valence-electron chi connectivity index (χ4n) is 2.56. The lowest BCUT2D eigenvalue weighted by atomic mass is 10.1. The van der Waals surface area contributed by atoms with E-state index in [1.807, 2.05) is 24.7 Å². The molecule has 1 aromatic carbocycles. The maximum atomic E-state index is 5.48. The fraction of sp³-hybridized carbons (Fsp3) is 0.286. The van der Waals surface area contributed by atoms with Crippen LogP contribution in [0.3, 0.4) is 0 Å². The van der Waals surface area contributed by atoms with Gasteiger partial charge in [-0.2, -0.15) is 5.10 Å². The van der Waals surface area contributed by atoms with Gasteiger partial charge in [0, 0.05) is 7.05 Å². The zero-order valence-corrected chi connectivity index (χ0v) is 12.1. The van der Waals surface area contributed by atoms with E-state index < -0.39 is 0 Å². The molecule has 0 radical (unpaired) electrons. The molecule has 1 N–H and O–H groups in total. The van der Waals surface area contributed by atoms with Gasteiger partial charge in [0.2, 0.25) is 0 Å². The van der Waals surface area contributed by atoms with E-state index in [9.17, 15) is 0 Å². The lowest BCUT2D eigenvalue weighted by molar-refractivity contribution is 0.758. The van der Waals surface area contributed by atoms with Crippen LogP contribution in [0.2, 0.25) is 0 Å². The van der Waals surface area contributed by atoms with E-state index in [1.165, 1.54) is 5.56 Å². The first kappa shape index (κ1) is 12.2. The largest absolute Gasteiger partial charge is 0.327 e. The molecule has 4 nitrogen and oxygen atoms in total. The molecule has 0 aliphatic heterocycles. The number of imidazole rings is 1. The van der Waals surface area contributed by atoms with Crippen molar-refractivity contribution >= 4 is 23.4 Å². The minimum absolute atomic E-state index is 0.715. The van der Waals surface area contributed by atoms with E-state index >= 15 is 0 Å². The molecule has 5 heteroatoms. The molecule has 0 saturated carbocycles. The summed E-state index contributed by atoms with van der Waals surface area (Å²) in [6.07, 6.45) is 0.974. The number of aryl methyl sites for hydroxylation is 3. The van der Waals surface area contributed by atoms with Gasteiger partial charge in [-0.05, 0) is 37.2 Å². The molecule has 0 aliphatic carbocycles. The van der Waals surface area contributed by atoms with Gasteiger partial charge in [-0.25, -0.2) is 4.68 Å². The van der Waals surface area contributed by atoms with Crippen molar-refractivity contribution in [3.05, 3.63) is 40.3 Å². The van der Waals surface area contributed by atoms with Gasteiger partial charge >= 0.3 is 0 Å². The number of nitrogens with one attached hydrogen (secondary N) is 1. The van der Waals surface area contributed by atoms with Gasteiger partial charge in [0.25, 0.3) is 0 Å². The summed E-state index contributed by atoms with van der Waals surface area (Å²) in [5.74, 6) is 0. The van der Waals surface area contributed by atoms with Crippen molar-refractivity contribution in [1.82, 2.24) is 19.3 Å². The highest BCUT2D eigenvalue weighted by Gasteiger charge is 2.15. The summed E-state index contributed by atoms with van der Waals surface area (Å²) in [5, 5.41) is 4.45. The number of aromatic nitrogens is 4. The van der Waals surface area contributed by atoms with Crippen molar-refractivity contribution in [2.45, 2.75) is 20.3 Å². The Kier molecular flexibility index (Phi) is 2.78. The van der Waals surface area contributed by atoms with Crippen molar-refractivity contribution in [2.75, 3.05) is 0 Å². The quantitative estimate of drug-likeness (QED) is 0.727. The summed E-state index contributed by atoms with van der Waals surface area (Å²) in [5.41, 5.74) is 5.40. The van der Waals surface area contributed by atoms with E-state index in [-0.39, 0.29) is 0 Å². The zero-order valence-electron chi connectivity index (χ0n) is 11.3. The maximum Gasteiger partial charge on any atom is 0.184 e. The highest BCUT2D eigenvalue weighted by atomic mass is 32.1. The molecular formula is C14H16N4S. The molecule has 98 valence electrons. The Balaban J connectivity index is 2.42. The van der Waals surface area contributed by atoms with E-state index in [0.717, 1.165) is 29.0 Å². The molecule has 2 aromatic heterocycles. The minimum atomic E-state index is 0.715. The topological polar surface area (TPSA) is 38.5 Å². The average molecular weight is 272 g/mol. The summed E-state index contributed by atoms with van der Waals surface area (Å²) >= 11 is 5.48. The van der Waals surface area contributed by atoms with Crippen LogP contribution in [0, 0.1) is 11.7 Å². The Morgan fingerprint density at radius 3 is 2.79 bits per heavy atom. The number of H-pyrrole nitrogens is 1. The zero-order chi connectivity index (χ0) is 13.6. The molecule has 0 bridgehead atoms. The van der Waals surface area contributed by atoms with Crippen molar-refractivity contribution in [1.29, 1.82) is 0 Å². The lowest BCUT2D eigenvalue weighted by Gasteiger charge is -2.09. The Labute approximate surface area is 116 Å². The molecule has 0 aliphatic rings. The molecule has 19 heavy (non-hydrogen) atoms. The van der Waals surface area contributed by atoms with Crippen LogP contribution in [0.1, 0.15) is 18.2 Å². The first-order chi connectivity index (χ1) is 9.13. The fourth-order valence-corrected chi connectivity index (χ4v) is 2.85. The molecule has 0 saturated heterocycles. The number of hydrogen-bond acceptors (Lipinski definition) is 2. The van der Waals surface area contributed by atoms with Crippen molar-refractivity contribution < 1.29 is 0 Å². The Hall–Kier alpha value is -1.88. The summed E-state index contributed by atoms with van der Waals surface area (Å²) in [7, 11) is 1.95. The number of aromatic amines is 1. The molecule has 0 unspecified atom stereocenters. The first-order valence-electron chi connectivity index (χ1n) is 6.36. The molecule has 0 fully saturated rings. The third kappa shape index (κ3) is 1.73. The number of rotatable bonds is 2. The summed E-state index contributed by atoms with van der Waals surface area (Å²) in [4.78, 5) is 3.26. The van der Waals surface area contributed by atoms with E-state index in [1.54, 1.807) is 0 Å². The normalized spacial score (nSPS) is 11.3. The van der Waals surface area contributed by atoms with Crippen LogP contribution in [-0.4, -0.2) is 19.3 Å². The van der Waals surface area contributed by atoms with Crippen molar-refractivity contribution in [2.24, 2.45) is 7.05 Å². The second-order valence-electron chi connectivity index (χ2n) is 4.66. The predicted molar refractivity (Wildman–Crippen MR) is 79.3 cm³/mol. The number of benzene rings is 1. The number of nitrogens with zero attached hydrogens (tertiary/aromatic N) is 3. The summed E-state index contributed by atoms with van der Waals surface area (Å²) in [6.45, 7) is 4.14. The van der Waals surface area contributed by atoms with Gasteiger partial charge < -0.3 is 4.98 Å².